The van der Waals surface area contributed by atoms with Gasteiger partial charge in [-0.3, -0.25) is 0 Å². The molecule has 4 N–H and O–H groups in total. The molecule has 0 fully saturated rings. The van der Waals surface area contributed by atoms with Crippen molar-refractivity contribution < 1.29 is 19.8 Å². The fourth-order valence-electron chi connectivity index (χ4n) is 0.535. The maximum absolute atomic E-state index is 5.56. The van der Waals surface area contributed by atoms with E-state index in [9.17, 15) is 0 Å². The SMILES string of the molecule is CC(CC(N)(Cl)Cl)[CH](N)[Pt]. The molecule has 0 aromatic carbocycles. The zero-order chi connectivity index (χ0) is 8.36. The number of alkyl halides is 2. The third-order valence-corrected chi connectivity index (χ3v) is 2.70. The first-order valence-electron chi connectivity index (χ1n) is 2.86. The van der Waals surface area contributed by atoms with Crippen LogP contribution in [0, 0.1) is 5.92 Å². The van der Waals surface area contributed by atoms with Crippen LogP contribution in [0.1, 0.15) is 13.3 Å². The van der Waals surface area contributed by atoms with Gasteiger partial charge in [-0.25, -0.2) is 0 Å². The van der Waals surface area contributed by atoms with Crippen LogP contribution in [0.3, 0.4) is 0 Å². The van der Waals surface area contributed by atoms with Crippen molar-refractivity contribution in [3.05, 3.63) is 0 Å². The molecule has 0 bridgehead atoms. The summed E-state index contributed by atoms with van der Waals surface area (Å²) >= 11 is 13.2. The van der Waals surface area contributed by atoms with Crippen LogP contribution in [-0.4, -0.2) is 8.89 Å². The van der Waals surface area contributed by atoms with E-state index < -0.39 is 4.46 Å². The molecule has 2 atom stereocenters. The molecule has 2 nitrogen and oxygen atoms in total. The predicted molar refractivity (Wildman–Crippen MR) is 40.4 cm³/mol. The summed E-state index contributed by atoms with van der Waals surface area (Å²) in [4.78, 5) is 0. The van der Waals surface area contributed by atoms with E-state index in [1.165, 1.54) is 0 Å². The van der Waals surface area contributed by atoms with Gasteiger partial charge < -0.3 is 0 Å². The molecule has 65 valence electrons. The van der Waals surface area contributed by atoms with Crippen molar-refractivity contribution in [2.45, 2.75) is 22.2 Å². The van der Waals surface area contributed by atoms with Gasteiger partial charge in [0.15, 0.2) is 0 Å². The topological polar surface area (TPSA) is 52.0 Å². The Morgan fingerprint density at radius 2 is 2.00 bits per heavy atom. The van der Waals surface area contributed by atoms with E-state index in [1.807, 2.05) is 6.92 Å². The van der Waals surface area contributed by atoms with Crippen molar-refractivity contribution in [3.63, 3.8) is 0 Å². The van der Waals surface area contributed by atoms with Gasteiger partial charge in [0.25, 0.3) is 0 Å². The van der Waals surface area contributed by atoms with E-state index in [0.29, 0.717) is 6.42 Å². The fraction of sp³-hybridized carbons (Fsp3) is 1.00. The van der Waals surface area contributed by atoms with Gasteiger partial charge >= 0.3 is 82.6 Å². The number of rotatable bonds is 3. The van der Waals surface area contributed by atoms with Crippen LogP contribution in [0.25, 0.3) is 0 Å². The number of halogens is 2. The molecule has 0 radical (unpaired) electrons. The Balaban J connectivity index is 3.68. The van der Waals surface area contributed by atoms with Crippen molar-refractivity contribution in [1.82, 2.24) is 0 Å². The van der Waals surface area contributed by atoms with Crippen LogP contribution in [0.4, 0.5) is 0 Å². The Bertz CT molecular complexity index is 102. The Morgan fingerprint density at radius 3 is 2.10 bits per heavy atom. The first-order valence-corrected chi connectivity index (χ1v) is 4.92. The van der Waals surface area contributed by atoms with E-state index in [4.69, 9.17) is 34.7 Å². The van der Waals surface area contributed by atoms with Gasteiger partial charge in [-0.1, -0.05) is 0 Å². The van der Waals surface area contributed by atoms with Crippen molar-refractivity contribution >= 4 is 23.2 Å². The second kappa shape index (κ2) is 4.27. The van der Waals surface area contributed by atoms with Crippen molar-refractivity contribution in [1.29, 1.82) is 0 Å². The van der Waals surface area contributed by atoms with E-state index in [1.54, 1.807) is 0 Å². The zero-order valence-corrected chi connectivity index (χ0v) is 9.37. The normalized spacial score (nSPS) is 18.7. The number of hydrogen-bond acceptors (Lipinski definition) is 2. The molecule has 0 saturated carbocycles. The number of nitrogens with two attached hydrogens (primary N) is 2. The molecule has 0 spiro atoms. The molecule has 0 saturated heterocycles. The minimum atomic E-state index is -1.14. The molecule has 5 heteroatoms. The van der Waals surface area contributed by atoms with Crippen molar-refractivity contribution in [3.8, 4) is 0 Å². The van der Waals surface area contributed by atoms with Crippen molar-refractivity contribution in [2.75, 3.05) is 0 Å². The van der Waals surface area contributed by atoms with Gasteiger partial charge in [-0.2, -0.15) is 0 Å². The van der Waals surface area contributed by atoms with Crippen LogP contribution in [-0.2, 0) is 19.8 Å². The van der Waals surface area contributed by atoms with Crippen LogP contribution < -0.4 is 11.5 Å². The Morgan fingerprint density at radius 1 is 1.60 bits per heavy atom. The molecule has 0 amide bonds. The molecule has 10 heavy (non-hydrogen) atoms. The predicted octanol–water partition coefficient (Wildman–Crippen LogP) is 0.934. The Kier molecular flexibility index (Phi) is 4.78. The molecule has 0 heterocycles. The molecule has 0 aliphatic carbocycles. The van der Waals surface area contributed by atoms with Gasteiger partial charge in [-0.05, 0) is 0 Å². The fourth-order valence-corrected chi connectivity index (χ4v) is 1.29. The summed E-state index contributed by atoms with van der Waals surface area (Å²) in [6.45, 7) is 1.96. The van der Waals surface area contributed by atoms with Crippen LogP contribution in [0.2, 0.25) is 0 Å². The standard InChI is InChI=1S/C5H11Cl2N2.Pt/c1-4(3-8)2-5(6,7)9;/h3-4H,2,8-9H2,1H3;. The molecule has 0 aromatic heterocycles. The second-order valence-corrected chi connectivity index (χ2v) is 5.40. The summed E-state index contributed by atoms with van der Waals surface area (Å²) in [6, 6.07) is 0. The average molecular weight is 365 g/mol. The quantitative estimate of drug-likeness (QED) is 0.578. The molecular weight excluding hydrogens is 354 g/mol. The van der Waals surface area contributed by atoms with Gasteiger partial charge in [-0.15, -0.1) is 0 Å². The Labute approximate surface area is 82.5 Å². The average Bonchev–Trinajstić information content (AvgIpc) is 1.60. The van der Waals surface area contributed by atoms with Gasteiger partial charge in [0.1, 0.15) is 0 Å². The summed E-state index contributed by atoms with van der Waals surface area (Å²) in [6.07, 6.45) is 0.515. The molecule has 0 aromatic rings. The molecular formula is C5H11Cl2N2Pt. The first kappa shape index (κ1) is 11.2. The molecule has 0 rings (SSSR count). The third kappa shape index (κ3) is 5.93. The van der Waals surface area contributed by atoms with Crippen LogP contribution in [0.15, 0.2) is 0 Å². The maximum atomic E-state index is 5.56. The zero-order valence-electron chi connectivity index (χ0n) is 5.59. The van der Waals surface area contributed by atoms with Crippen molar-refractivity contribution in [2.24, 2.45) is 17.4 Å². The van der Waals surface area contributed by atoms with Crippen LogP contribution >= 0.6 is 23.2 Å². The monoisotopic (exact) mass is 364 g/mol. The van der Waals surface area contributed by atoms with E-state index >= 15 is 0 Å². The third-order valence-electron chi connectivity index (χ3n) is 1.10. The number of hydrogen-bond donors (Lipinski definition) is 2. The molecule has 0 aliphatic heterocycles. The van der Waals surface area contributed by atoms with E-state index in [0.717, 1.165) is 0 Å². The van der Waals surface area contributed by atoms with Gasteiger partial charge in [0.2, 0.25) is 0 Å². The summed E-state index contributed by atoms with van der Waals surface area (Å²) < 4.78 is -1.08. The summed E-state index contributed by atoms with van der Waals surface area (Å²) in [5, 5.41) is 0. The summed E-state index contributed by atoms with van der Waals surface area (Å²) in [5.41, 5.74) is 10.9. The Hall–Kier alpha value is 1.19. The molecule has 0 aliphatic rings. The van der Waals surface area contributed by atoms with Crippen LogP contribution in [0.5, 0.6) is 0 Å². The summed E-state index contributed by atoms with van der Waals surface area (Å²) in [5.74, 6) is 0.238. The first-order chi connectivity index (χ1) is 4.33. The van der Waals surface area contributed by atoms with E-state index in [2.05, 4.69) is 19.8 Å². The van der Waals surface area contributed by atoms with Gasteiger partial charge in [0, 0.05) is 0 Å². The summed E-state index contributed by atoms with van der Waals surface area (Å²) in [7, 11) is 0. The van der Waals surface area contributed by atoms with Gasteiger partial charge in [0.05, 0.1) is 0 Å². The molecule has 2 unspecified atom stereocenters. The minimum absolute atomic E-state index is 0.0559. The van der Waals surface area contributed by atoms with E-state index in [-0.39, 0.29) is 10.3 Å². The second-order valence-electron chi connectivity index (χ2n) is 2.35.